The van der Waals surface area contributed by atoms with Crippen LogP contribution >= 0.6 is 0 Å². The third-order valence-corrected chi connectivity index (χ3v) is 5.13. The van der Waals surface area contributed by atoms with E-state index < -0.39 is 0 Å². The molecule has 0 aliphatic carbocycles. The van der Waals surface area contributed by atoms with Crippen molar-refractivity contribution in [3.63, 3.8) is 0 Å². The van der Waals surface area contributed by atoms with Gasteiger partial charge in [0.25, 0.3) is 0 Å². The molecule has 1 aliphatic rings. The van der Waals surface area contributed by atoms with Crippen molar-refractivity contribution in [3.8, 4) is 11.5 Å². The molecule has 1 saturated heterocycles. The van der Waals surface area contributed by atoms with E-state index in [1.165, 1.54) is 18.2 Å². The summed E-state index contributed by atoms with van der Waals surface area (Å²) in [6.45, 7) is 3.96. The number of hydrogen-bond acceptors (Lipinski definition) is 4. The molecule has 7 heteroatoms. The summed E-state index contributed by atoms with van der Waals surface area (Å²) in [5, 5.41) is 0. The summed E-state index contributed by atoms with van der Waals surface area (Å²) in [4.78, 5) is 20.9. The molecule has 0 atom stereocenters. The minimum absolute atomic E-state index is 0.0414. The second-order valence-corrected chi connectivity index (χ2v) is 7.02. The predicted molar refractivity (Wildman–Crippen MR) is 106 cm³/mol. The number of nitrogens with zero attached hydrogens (tertiary/aromatic N) is 3. The smallest absolute Gasteiger partial charge is 0.228 e. The highest BCUT2D eigenvalue weighted by atomic mass is 19.1. The molecule has 2 aromatic carbocycles. The van der Waals surface area contributed by atoms with E-state index in [-0.39, 0.29) is 24.0 Å². The Balaban J connectivity index is 1.39. The number of anilines is 1. The SMILES string of the molecule is Cc1oc(-c2ccc(F)cc2)nc1CC(=O)N1CCN(c2ccccc2F)CC1. The van der Waals surface area contributed by atoms with Crippen LogP contribution in [0.4, 0.5) is 14.5 Å². The summed E-state index contributed by atoms with van der Waals surface area (Å²) in [7, 11) is 0. The Kier molecular flexibility index (Phi) is 5.29. The molecular weight excluding hydrogens is 376 g/mol. The summed E-state index contributed by atoms with van der Waals surface area (Å²) in [6.07, 6.45) is 0.135. The Morgan fingerprint density at radius 1 is 1.03 bits per heavy atom. The van der Waals surface area contributed by atoms with Crippen molar-refractivity contribution >= 4 is 11.6 Å². The zero-order valence-electron chi connectivity index (χ0n) is 16.1. The van der Waals surface area contributed by atoms with E-state index in [9.17, 15) is 13.6 Å². The molecule has 150 valence electrons. The van der Waals surface area contributed by atoms with Gasteiger partial charge in [-0.15, -0.1) is 0 Å². The van der Waals surface area contributed by atoms with Crippen LogP contribution in [0.15, 0.2) is 52.9 Å². The number of aryl methyl sites for hydroxylation is 1. The molecule has 1 fully saturated rings. The van der Waals surface area contributed by atoms with Crippen LogP contribution in [0.2, 0.25) is 0 Å². The third-order valence-electron chi connectivity index (χ3n) is 5.13. The van der Waals surface area contributed by atoms with Crippen molar-refractivity contribution in [1.29, 1.82) is 0 Å². The van der Waals surface area contributed by atoms with E-state index in [4.69, 9.17) is 4.42 Å². The monoisotopic (exact) mass is 397 g/mol. The van der Waals surface area contributed by atoms with Crippen LogP contribution in [0, 0.1) is 18.6 Å². The molecule has 3 aromatic rings. The third kappa shape index (κ3) is 4.13. The van der Waals surface area contributed by atoms with Crippen molar-refractivity contribution in [2.45, 2.75) is 13.3 Å². The Bertz CT molecular complexity index is 1010. The van der Waals surface area contributed by atoms with E-state index in [1.54, 1.807) is 36.1 Å². The molecule has 0 N–H and O–H groups in total. The Hall–Kier alpha value is -3.22. The number of oxazole rings is 1. The van der Waals surface area contributed by atoms with Crippen LogP contribution in [0.25, 0.3) is 11.5 Å². The van der Waals surface area contributed by atoms with Gasteiger partial charge in [0.1, 0.15) is 17.4 Å². The summed E-state index contributed by atoms with van der Waals surface area (Å²) >= 11 is 0. The van der Waals surface area contributed by atoms with Crippen molar-refractivity contribution < 1.29 is 18.0 Å². The molecule has 2 heterocycles. The van der Waals surface area contributed by atoms with E-state index in [1.807, 2.05) is 11.0 Å². The lowest BCUT2D eigenvalue weighted by molar-refractivity contribution is -0.130. The highest BCUT2D eigenvalue weighted by molar-refractivity contribution is 5.79. The number of halogens is 2. The summed E-state index contributed by atoms with van der Waals surface area (Å²) in [5.74, 6) is 0.318. The fourth-order valence-electron chi connectivity index (χ4n) is 3.47. The predicted octanol–water partition coefficient (Wildman–Crippen LogP) is 3.82. The Labute approximate surface area is 167 Å². The van der Waals surface area contributed by atoms with Gasteiger partial charge in [-0.1, -0.05) is 12.1 Å². The van der Waals surface area contributed by atoms with Gasteiger partial charge in [-0.05, 0) is 43.3 Å². The van der Waals surface area contributed by atoms with Gasteiger partial charge < -0.3 is 14.2 Å². The molecule has 29 heavy (non-hydrogen) atoms. The molecule has 0 radical (unpaired) electrons. The van der Waals surface area contributed by atoms with E-state index >= 15 is 0 Å². The molecule has 0 bridgehead atoms. The topological polar surface area (TPSA) is 49.6 Å². The van der Waals surface area contributed by atoms with Crippen LogP contribution in [-0.2, 0) is 11.2 Å². The molecule has 4 rings (SSSR count). The zero-order valence-corrected chi connectivity index (χ0v) is 16.1. The number of hydrogen-bond donors (Lipinski definition) is 0. The number of carbonyl (C=O) groups is 1. The van der Waals surface area contributed by atoms with Crippen molar-refractivity contribution in [2.75, 3.05) is 31.1 Å². The second kappa shape index (κ2) is 8.03. The highest BCUT2D eigenvalue weighted by Crippen LogP contribution is 2.23. The summed E-state index contributed by atoms with van der Waals surface area (Å²) in [6, 6.07) is 12.5. The number of rotatable bonds is 4. The zero-order chi connectivity index (χ0) is 20.4. The molecule has 5 nitrogen and oxygen atoms in total. The first-order chi connectivity index (χ1) is 14.0. The van der Waals surface area contributed by atoms with Gasteiger partial charge in [-0.25, -0.2) is 13.8 Å². The minimum Gasteiger partial charge on any atom is -0.441 e. The van der Waals surface area contributed by atoms with Gasteiger partial charge in [0.05, 0.1) is 17.8 Å². The lowest BCUT2D eigenvalue weighted by atomic mass is 10.2. The minimum atomic E-state index is -0.332. The van der Waals surface area contributed by atoms with Crippen LogP contribution in [0.3, 0.4) is 0 Å². The van der Waals surface area contributed by atoms with Gasteiger partial charge in [-0.2, -0.15) is 0 Å². The normalized spacial score (nSPS) is 14.3. The highest BCUT2D eigenvalue weighted by Gasteiger charge is 2.24. The van der Waals surface area contributed by atoms with Gasteiger partial charge in [0.15, 0.2) is 0 Å². The standard InChI is InChI=1S/C22H21F2N3O2/c1-15-19(25-22(29-15)16-6-8-17(23)9-7-16)14-21(28)27-12-10-26(11-13-27)20-5-3-2-4-18(20)24/h2-9H,10-14H2,1H3. The van der Waals surface area contributed by atoms with Crippen molar-refractivity contribution in [3.05, 3.63) is 71.6 Å². The lowest BCUT2D eigenvalue weighted by Crippen LogP contribution is -2.49. The molecule has 0 spiro atoms. The van der Waals surface area contributed by atoms with Gasteiger partial charge >= 0.3 is 0 Å². The molecule has 0 unspecified atom stereocenters. The van der Waals surface area contributed by atoms with Crippen molar-refractivity contribution in [2.24, 2.45) is 0 Å². The number of carbonyl (C=O) groups excluding carboxylic acids is 1. The maximum Gasteiger partial charge on any atom is 0.228 e. The molecular formula is C22H21F2N3O2. The van der Waals surface area contributed by atoms with Crippen LogP contribution < -0.4 is 4.90 Å². The fourth-order valence-corrected chi connectivity index (χ4v) is 3.47. The fraction of sp³-hybridized carbons (Fsp3) is 0.273. The number of aromatic nitrogens is 1. The van der Waals surface area contributed by atoms with Gasteiger partial charge in [0.2, 0.25) is 11.8 Å². The lowest BCUT2D eigenvalue weighted by Gasteiger charge is -2.36. The van der Waals surface area contributed by atoms with E-state index in [0.29, 0.717) is 54.8 Å². The largest absolute Gasteiger partial charge is 0.441 e. The molecule has 1 aliphatic heterocycles. The maximum atomic E-state index is 14.0. The summed E-state index contributed by atoms with van der Waals surface area (Å²) in [5.41, 5.74) is 1.80. The number of amides is 1. The van der Waals surface area contributed by atoms with E-state index in [0.717, 1.165) is 0 Å². The van der Waals surface area contributed by atoms with E-state index in [2.05, 4.69) is 4.98 Å². The first-order valence-electron chi connectivity index (χ1n) is 9.51. The maximum absolute atomic E-state index is 14.0. The first-order valence-corrected chi connectivity index (χ1v) is 9.51. The number of benzene rings is 2. The Morgan fingerprint density at radius 2 is 1.72 bits per heavy atom. The molecule has 0 saturated carbocycles. The van der Waals surface area contributed by atoms with Gasteiger partial charge in [-0.3, -0.25) is 4.79 Å². The Morgan fingerprint density at radius 3 is 2.41 bits per heavy atom. The second-order valence-electron chi connectivity index (χ2n) is 7.02. The van der Waals surface area contributed by atoms with Crippen molar-refractivity contribution in [1.82, 2.24) is 9.88 Å². The number of para-hydroxylation sites is 1. The first kappa shape index (κ1) is 19.1. The summed E-state index contributed by atoms with van der Waals surface area (Å²) < 4.78 is 32.7. The molecule has 1 amide bonds. The van der Waals surface area contributed by atoms with Crippen LogP contribution in [-0.4, -0.2) is 42.0 Å². The number of piperazine rings is 1. The van der Waals surface area contributed by atoms with Crippen LogP contribution in [0.1, 0.15) is 11.5 Å². The average molecular weight is 397 g/mol. The quantitative estimate of drug-likeness (QED) is 0.672. The van der Waals surface area contributed by atoms with Gasteiger partial charge in [0, 0.05) is 31.7 Å². The average Bonchev–Trinajstić information content (AvgIpc) is 3.09. The molecule has 1 aromatic heterocycles. The van der Waals surface area contributed by atoms with Crippen LogP contribution in [0.5, 0.6) is 0 Å².